The Balaban J connectivity index is 2.49. The molecule has 0 saturated heterocycles. The summed E-state index contributed by atoms with van der Waals surface area (Å²) in [5.41, 5.74) is 5.26. The first kappa shape index (κ1) is 13.5. The molecule has 0 spiro atoms. The molecule has 0 atom stereocenters. The molecular weight excluding hydrogens is 232 g/mol. The van der Waals surface area contributed by atoms with E-state index in [1.54, 1.807) is 6.07 Å². The molecule has 1 aromatic carbocycles. The Morgan fingerprint density at radius 2 is 1.89 bits per heavy atom. The Morgan fingerprint density at radius 1 is 1.28 bits per heavy atom. The minimum absolute atomic E-state index is 0.254. The van der Waals surface area contributed by atoms with Gasteiger partial charge in [-0.2, -0.15) is 0 Å². The molecule has 0 heterocycles. The molecule has 2 N–H and O–H groups in total. The summed E-state index contributed by atoms with van der Waals surface area (Å²) in [6, 6.07) is 4.58. The van der Waals surface area contributed by atoms with E-state index in [2.05, 4.69) is 0 Å². The van der Waals surface area contributed by atoms with Gasteiger partial charge < -0.3 is 5.73 Å². The molecule has 2 rings (SSSR count). The van der Waals surface area contributed by atoms with Gasteiger partial charge in [0, 0.05) is 12.0 Å². The van der Waals surface area contributed by atoms with Crippen LogP contribution in [0.15, 0.2) is 18.2 Å². The Hall–Kier alpha value is -0.960. The van der Waals surface area contributed by atoms with E-state index in [-0.39, 0.29) is 11.2 Å². The highest BCUT2D eigenvalue weighted by Gasteiger charge is 2.37. The summed E-state index contributed by atoms with van der Waals surface area (Å²) in [5.74, 6) is -0.254. The minimum Gasteiger partial charge on any atom is -0.330 e. The molecule has 3 heteroatoms. The lowest BCUT2D eigenvalue weighted by Crippen LogP contribution is -2.33. The highest BCUT2D eigenvalue weighted by Crippen LogP contribution is 2.42. The van der Waals surface area contributed by atoms with Crippen molar-refractivity contribution in [2.75, 3.05) is 6.54 Å². The zero-order valence-corrected chi connectivity index (χ0v) is 11.1. The molecule has 0 bridgehead atoms. The molecule has 0 amide bonds. The first-order chi connectivity index (χ1) is 8.39. The van der Waals surface area contributed by atoms with Gasteiger partial charge in [-0.1, -0.05) is 18.9 Å². The van der Waals surface area contributed by atoms with E-state index in [0.717, 1.165) is 25.7 Å². The van der Waals surface area contributed by atoms with Crippen LogP contribution in [0.25, 0.3) is 0 Å². The van der Waals surface area contributed by atoms with Crippen molar-refractivity contribution in [3.05, 3.63) is 35.1 Å². The van der Waals surface area contributed by atoms with E-state index in [9.17, 15) is 8.78 Å². The van der Waals surface area contributed by atoms with Crippen LogP contribution in [0.1, 0.15) is 50.7 Å². The lowest BCUT2D eigenvalue weighted by atomic mass is 9.77. The Bertz CT molecular complexity index is 429. The number of alkyl halides is 1. The summed E-state index contributed by atoms with van der Waals surface area (Å²) in [7, 11) is 0. The lowest BCUT2D eigenvalue weighted by molar-refractivity contribution is 0.220. The maximum absolute atomic E-state index is 14.1. The van der Waals surface area contributed by atoms with E-state index >= 15 is 0 Å². The van der Waals surface area contributed by atoms with Gasteiger partial charge in [0.1, 0.15) is 11.5 Å². The van der Waals surface area contributed by atoms with Crippen molar-refractivity contribution in [3.8, 4) is 0 Å². The summed E-state index contributed by atoms with van der Waals surface area (Å²) >= 11 is 0. The summed E-state index contributed by atoms with van der Waals surface area (Å²) in [6.07, 6.45) is 3.94. The fraction of sp³-hybridized carbons (Fsp3) is 0.600. The number of rotatable bonds is 3. The zero-order chi connectivity index (χ0) is 13.4. The summed E-state index contributed by atoms with van der Waals surface area (Å²) in [6.45, 7) is 3.42. The van der Waals surface area contributed by atoms with Gasteiger partial charge in [0.05, 0.1) is 0 Å². The Morgan fingerprint density at radius 3 is 2.39 bits per heavy atom. The molecule has 100 valence electrons. The quantitative estimate of drug-likeness (QED) is 0.871. The van der Waals surface area contributed by atoms with Crippen molar-refractivity contribution in [3.63, 3.8) is 0 Å². The third-order valence-corrected chi connectivity index (χ3v) is 4.18. The van der Waals surface area contributed by atoms with Gasteiger partial charge in [0.25, 0.3) is 0 Å². The molecule has 1 aliphatic carbocycles. The van der Waals surface area contributed by atoms with Crippen LogP contribution >= 0.6 is 0 Å². The molecule has 1 fully saturated rings. The third kappa shape index (κ3) is 2.28. The molecular formula is C15H21F2N. The van der Waals surface area contributed by atoms with Crippen molar-refractivity contribution in [2.45, 2.75) is 50.6 Å². The normalized spacial score (nSPS) is 19.2. The van der Waals surface area contributed by atoms with E-state index < -0.39 is 5.67 Å². The molecule has 1 saturated carbocycles. The van der Waals surface area contributed by atoms with Crippen LogP contribution in [-0.4, -0.2) is 6.54 Å². The second-order valence-corrected chi connectivity index (χ2v) is 5.86. The van der Waals surface area contributed by atoms with Crippen LogP contribution < -0.4 is 5.73 Å². The standard InChI is InChI=1S/C15H21F2N/c1-14(2,17)11-5-6-13(16)12(9-11)15(10-18)7-3-4-8-15/h5-6,9H,3-4,7-8,10,18H2,1-2H3. The Labute approximate surface area is 107 Å². The smallest absolute Gasteiger partial charge is 0.130 e. The average Bonchev–Trinajstić information content (AvgIpc) is 2.77. The highest BCUT2D eigenvalue weighted by molar-refractivity contribution is 5.35. The van der Waals surface area contributed by atoms with Gasteiger partial charge >= 0.3 is 0 Å². The second-order valence-electron chi connectivity index (χ2n) is 5.86. The van der Waals surface area contributed by atoms with E-state index in [1.807, 2.05) is 0 Å². The molecule has 18 heavy (non-hydrogen) atoms. The van der Waals surface area contributed by atoms with Gasteiger partial charge in [-0.05, 0) is 49.9 Å². The monoisotopic (exact) mass is 253 g/mol. The van der Waals surface area contributed by atoms with Gasteiger partial charge in [-0.25, -0.2) is 8.78 Å². The minimum atomic E-state index is -1.45. The van der Waals surface area contributed by atoms with Crippen LogP contribution in [0.4, 0.5) is 8.78 Å². The fourth-order valence-electron chi connectivity index (χ4n) is 2.94. The largest absolute Gasteiger partial charge is 0.330 e. The maximum Gasteiger partial charge on any atom is 0.130 e. The summed E-state index contributed by atoms with van der Waals surface area (Å²) < 4.78 is 28.1. The van der Waals surface area contributed by atoms with Crippen LogP contribution in [-0.2, 0) is 11.1 Å². The molecule has 0 aliphatic heterocycles. The van der Waals surface area contributed by atoms with E-state index in [1.165, 1.54) is 26.0 Å². The first-order valence-corrected chi connectivity index (χ1v) is 6.58. The first-order valence-electron chi connectivity index (χ1n) is 6.58. The van der Waals surface area contributed by atoms with Crippen LogP contribution in [0, 0.1) is 5.82 Å². The zero-order valence-electron chi connectivity index (χ0n) is 11.1. The van der Waals surface area contributed by atoms with Gasteiger partial charge in [-0.3, -0.25) is 0 Å². The van der Waals surface area contributed by atoms with E-state index in [0.29, 0.717) is 17.7 Å². The molecule has 1 nitrogen and oxygen atoms in total. The van der Waals surface area contributed by atoms with Crippen LogP contribution in [0.3, 0.4) is 0 Å². The predicted molar refractivity (Wildman–Crippen MR) is 69.7 cm³/mol. The summed E-state index contributed by atoms with van der Waals surface area (Å²) in [5, 5.41) is 0. The van der Waals surface area contributed by atoms with Crippen molar-refractivity contribution in [1.82, 2.24) is 0 Å². The van der Waals surface area contributed by atoms with Crippen molar-refractivity contribution >= 4 is 0 Å². The molecule has 1 aromatic rings. The fourth-order valence-corrected chi connectivity index (χ4v) is 2.94. The third-order valence-electron chi connectivity index (χ3n) is 4.18. The van der Waals surface area contributed by atoms with Crippen molar-refractivity contribution in [1.29, 1.82) is 0 Å². The number of hydrogen-bond acceptors (Lipinski definition) is 1. The molecule has 0 aromatic heterocycles. The number of nitrogens with two attached hydrogens (primary N) is 1. The van der Waals surface area contributed by atoms with Gasteiger partial charge in [-0.15, -0.1) is 0 Å². The number of halogens is 2. The van der Waals surface area contributed by atoms with Crippen LogP contribution in [0.5, 0.6) is 0 Å². The SMILES string of the molecule is CC(C)(F)c1ccc(F)c(C2(CN)CCCC2)c1. The van der Waals surface area contributed by atoms with Crippen LogP contribution in [0.2, 0.25) is 0 Å². The lowest BCUT2D eigenvalue weighted by Gasteiger charge is -2.29. The van der Waals surface area contributed by atoms with E-state index in [4.69, 9.17) is 5.73 Å². The molecule has 1 aliphatic rings. The van der Waals surface area contributed by atoms with Gasteiger partial charge in [0.15, 0.2) is 0 Å². The molecule has 0 unspecified atom stereocenters. The average molecular weight is 253 g/mol. The number of benzene rings is 1. The number of hydrogen-bond donors (Lipinski definition) is 1. The predicted octanol–water partition coefficient (Wildman–Crippen LogP) is 3.80. The second kappa shape index (κ2) is 4.61. The Kier molecular flexibility index (Phi) is 3.45. The maximum atomic E-state index is 14.1. The van der Waals surface area contributed by atoms with Crippen molar-refractivity contribution in [2.24, 2.45) is 5.73 Å². The van der Waals surface area contributed by atoms with Crippen molar-refractivity contribution < 1.29 is 8.78 Å². The summed E-state index contributed by atoms with van der Waals surface area (Å²) in [4.78, 5) is 0. The highest BCUT2D eigenvalue weighted by atomic mass is 19.1. The van der Waals surface area contributed by atoms with Gasteiger partial charge in [0.2, 0.25) is 0 Å². The topological polar surface area (TPSA) is 26.0 Å². The molecule has 0 radical (unpaired) electrons.